The van der Waals surface area contributed by atoms with E-state index in [4.69, 9.17) is 6.42 Å². The van der Waals surface area contributed by atoms with E-state index < -0.39 is 0 Å². The lowest BCUT2D eigenvalue weighted by molar-refractivity contribution is 0.455. The van der Waals surface area contributed by atoms with Crippen LogP contribution in [-0.4, -0.2) is 12.6 Å². The van der Waals surface area contributed by atoms with Crippen LogP contribution in [0, 0.1) is 18.3 Å². The molecule has 0 aliphatic heterocycles. The molecule has 1 N–H and O–H groups in total. The third-order valence-electron chi connectivity index (χ3n) is 3.16. The van der Waals surface area contributed by atoms with Crippen molar-refractivity contribution in [1.29, 1.82) is 0 Å². The van der Waals surface area contributed by atoms with Gasteiger partial charge in [-0.2, -0.15) is 0 Å². The third kappa shape index (κ3) is 4.15. The lowest BCUT2D eigenvalue weighted by Gasteiger charge is -2.12. The van der Waals surface area contributed by atoms with E-state index in [1.165, 1.54) is 45.1 Å². The van der Waals surface area contributed by atoms with Crippen molar-refractivity contribution < 1.29 is 0 Å². The van der Waals surface area contributed by atoms with Crippen molar-refractivity contribution in [3.63, 3.8) is 0 Å². The van der Waals surface area contributed by atoms with E-state index in [0.717, 1.165) is 18.4 Å². The van der Waals surface area contributed by atoms with Gasteiger partial charge in [-0.15, -0.1) is 12.3 Å². The minimum absolute atomic E-state index is 0.797. The fraction of sp³-hybridized carbons (Fsp3) is 0.846. The highest BCUT2D eigenvalue weighted by atomic mass is 14.9. The lowest BCUT2D eigenvalue weighted by atomic mass is 10.0. The Morgan fingerprint density at radius 2 is 2.29 bits per heavy atom. The number of rotatable bonds is 6. The summed E-state index contributed by atoms with van der Waals surface area (Å²) >= 11 is 0. The standard InChI is InChI=1S/C13H23N/c1-3-5-6-7-12-8-9-13(11-12)14-10-4-2/h1,12-14H,4-11H2,2H3. The van der Waals surface area contributed by atoms with Crippen LogP contribution in [0.3, 0.4) is 0 Å². The topological polar surface area (TPSA) is 12.0 Å². The van der Waals surface area contributed by atoms with E-state index in [9.17, 15) is 0 Å². The molecular weight excluding hydrogens is 170 g/mol. The normalized spacial score (nSPS) is 26.3. The van der Waals surface area contributed by atoms with Crippen LogP contribution in [0.5, 0.6) is 0 Å². The van der Waals surface area contributed by atoms with Crippen LogP contribution in [0.25, 0.3) is 0 Å². The molecule has 1 fully saturated rings. The quantitative estimate of drug-likeness (QED) is 0.505. The fourth-order valence-corrected chi connectivity index (χ4v) is 2.36. The zero-order chi connectivity index (χ0) is 10.2. The molecule has 0 spiro atoms. The average molecular weight is 193 g/mol. The molecule has 2 unspecified atom stereocenters. The van der Waals surface area contributed by atoms with Crippen LogP contribution in [0.15, 0.2) is 0 Å². The van der Waals surface area contributed by atoms with Gasteiger partial charge in [-0.05, 0) is 51.0 Å². The lowest BCUT2D eigenvalue weighted by Crippen LogP contribution is -2.26. The minimum atomic E-state index is 0.797. The Kier molecular flexibility index (Phi) is 5.71. The van der Waals surface area contributed by atoms with Crippen molar-refractivity contribution in [3.05, 3.63) is 0 Å². The summed E-state index contributed by atoms with van der Waals surface area (Å²) < 4.78 is 0. The Bertz CT molecular complexity index is 180. The van der Waals surface area contributed by atoms with Gasteiger partial charge in [0.05, 0.1) is 0 Å². The first kappa shape index (κ1) is 11.6. The van der Waals surface area contributed by atoms with Crippen LogP contribution in [-0.2, 0) is 0 Å². The number of nitrogens with one attached hydrogen (secondary N) is 1. The summed E-state index contributed by atoms with van der Waals surface area (Å²) in [6.07, 6.45) is 14.2. The Labute approximate surface area is 88.7 Å². The van der Waals surface area contributed by atoms with E-state index in [2.05, 4.69) is 18.2 Å². The summed E-state index contributed by atoms with van der Waals surface area (Å²) in [5, 5.41) is 3.61. The van der Waals surface area contributed by atoms with Gasteiger partial charge in [0.15, 0.2) is 0 Å². The van der Waals surface area contributed by atoms with Gasteiger partial charge in [0.1, 0.15) is 0 Å². The van der Waals surface area contributed by atoms with Crippen LogP contribution < -0.4 is 5.32 Å². The summed E-state index contributed by atoms with van der Waals surface area (Å²) in [5.74, 6) is 3.66. The summed E-state index contributed by atoms with van der Waals surface area (Å²) in [4.78, 5) is 0. The molecule has 0 saturated heterocycles. The fourth-order valence-electron chi connectivity index (χ4n) is 2.36. The molecule has 1 heteroatoms. The van der Waals surface area contributed by atoms with Gasteiger partial charge in [0.2, 0.25) is 0 Å². The van der Waals surface area contributed by atoms with Crippen LogP contribution in [0.2, 0.25) is 0 Å². The molecule has 1 aliphatic carbocycles. The summed E-state index contributed by atoms with van der Waals surface area (Å²) in [6.45, 7) is 3.41. The van der Waals surface area contributed by atoms with Gasteiger partial charge in [0.25, 0.3) is 0 Å². The molecule has 0 aromatic heterocycles. The van der Waals surface area contributed by atoms with Gasteiger partial charge >= 0.3 is 0 Å². The van der Waals surface area contributed by atoms with Crippen molar-refractivity contribution in [2.45, 2.75) is 57.9 Å². The van der Waals surface area contributed by atoms with Crippen LogP contribution in [0.1, 0.15) is 51.9 Å². The smallest absolute Gasteiger partial charge is 0.00861 e. The van der Waals surface area contributed by atoms with Gasteiger partial charge in [-0.3, -0.25) is 0 Å². The maximum atomic E-state index is 5.24. The molecule has 0 bridgehead atoms. The molecule has 1 nitrogen and oxygen atoms in total. The molecule has 1 rings (SSSR count). The third-order valence-corrected chi connectivity index (χ3v) is 3.16. The molecule has 1 aliphatic rings. The monoisotopic (exact) mass is 193 g/mol. The molecule has 0 aromatic rings. The highest BCUT2D eigenvalue weighted by molar-refractivity contribution is 4.85. The molecular formula is C13H23N. The molecule has 0 radical (unpaired) electrons. The maximum Gasteiger partial charge on any atom is 0.00861 e. The van der Waals surface area contributed by atoms with E-state index in [1.807, 2.05) is 0 Å². The Morgan fingerprint density at radius 1 is 1.43 bits per heavy atom. The van der Waals surface area contributed by atoms with Crippen LogP contribution in [0.4, 0.5) is 0 Å². The molecule has 0 heterocycles. The zero-order valence-corrected chi connectivity index (χ0v) is 9.39. The van der Waals surface area contributed by atoms with E-state index in [1.54, 1.807) is 0 Å². The SMILES string of the molecule is C#CCCCC1CCC(NCCC)C1. The first-order valence-corrected chi connectivity index (χ1v) is 6.03. The zero-order valence-electron chi connectivity index (χ0n) is 9.39. The predicted molar refractivity (Wildman–Crippen MR) is 62.1 cm³/mol. The highest BCUT2D eigenvalue weighted by Gasteiger charge is 2.23. The van der Waals surface area contributed by atoms with E-state index in [-0.39, 0.29) is 0 Å². The molecule has 1 saturated carbocycles. The number of hydrogen-bond donors (Lipinski definition) is 1. The van der Waals surface area contributed by atoms with Gasteiger partial charge in [0, 0.05) is 12.5 Å². The largest absolute Gasteiger partial charge is 0.314 e. The molecule has 14 heavy (non-hydrogen) atoms. The first-order chi connectivity index (χ1) is 6.86. The molecule has 0 amide bonds. The Balaban J connectivity index is 2.05. The van der Waals surface area contributed by atoms with Crippen molar-refractivity contribution in [2.75, 3.05) is 6.54 Å². The van der Waals surface area contributed by atoms with Crippen molar-refractivity contribution in [2.24, 2.45) is 5.92 Å². The van der Waals surface area contributed by atoms with E-state index in [0.29, 0.717) is 0 Å². The maximum absolute atomic E-state index is 5.24. The van der Waals surface area contributed by atoms with Crippen molar-refractivity contribution in [1.82, 2.24) is 5.32 Å². The summed E-state index contributed by atoms with van der Waals surface area (Å²) in [7, 11) is 0. The Morgan fingerprint density at radius 3 is 3.00 bits per heavy atom. The highest BCUT2D eigenvalue weighted by Crippen LogP contribution is 2.29. The van der Waals surface area contributed by atoms with E-state index >= 15 is 0 Å². The van der Waals surface area contributed by atoms with Gasteiger partial charge in [-0.1, -0.05) is 6.92 Å². The minimum Gasteiger partial charge on any atom is -0.314 e. The van der Waals surface area contributed by atoms with Crippen LogP contribution >= 0.6 is 0 Å². The number of hydrogen-bond acceptors (Lipinski definition) is 1. The second-order valence-electron chi connectivity index (χ2n) is 4.43. The predicted octanol–water partition coefficient (Wildman–Crippen LogP) is 2.96. The number of terminal acetylenes is 1. The second kappa shape index (κ2) is 6.90. The molecule has 80 valence electrons. The summed E-state index contributed by atoms with van der Waals surface area (Å²) in [5.41, 5.74) is 0. The first-order valence-electron chi connectivity index (χ1n) is 6.03. The summed E-state index contributed by atoms with van der Waals surface area (Å²) in [6, 6.07) is 0.797. The number of unbranched alkanes of at least 4 members (excludes halogenated alkanes) is 1. The Hall–Kier alpha value is -0.480. The molecule has 2 atom stereocenters. The molecule has 0 aromatic carbocycles. The average Bonchev–Trinajstić information content (AvgIpc) is 2.63. The van der Waals surface area contributed by atoms with Crippen molar-refractivity contribution in [3.8, 4) is 12.3 Å². The van der Waals surface area contributed by atoms with Gasteiger partial charge < -0.3 is 5.32 Å². The van der Waals surface area contributed by atoms with Crippen molar-refractivity contribution >= 4 is 0 Å². The second-order valence-corrected chi connectivity index (χ2v) is 4.43. The van der Waals surface area contributed by atoms with Gasteiger partial charge in [-0.25, -0.2) is 0 Å².